The summed E-state index contributed by atoms with van der Waals surface area (Å²) in [6.45, 7) is 3.66. The van der Waals surface area contributed by atoms with Gasteiger partial charge in [0.05, 0.1) is 0 Å². The Balaban J connectivity index is 2.93. The Labute approximate surface area is 161 Å². The molecule has 1 aromatic rings. The van der Waals surface area contributed by atoms with E-state index in [9.17, 15) is 17.4 Å². The number of carbonyl (C=O) groups excluding carboxylic acids is 2. The molecule has 9 nitrogen and oxygen atoms in total. The molecular weight excluding hydrogens is 419 g/mol. The number of ether oxygens (including phenoxy) is 1. The summed E-state index contributed by atoms with van der Waals surface area (Å²) in [6.07, 6.45) is 4.07. The summed E-state index contributed by atoms with van der Waals surface area (Å²) in [4.78, 5) is 24.8. The molecule has 0 radical (unpaired) electrons. The van der Waals surface area contributed by atoms with Gasteiger partial charge in [0, 0.05) is 0 Å². The average Bonchev–Trinajstić information content (AvgIpc) is 2.63. The number of rotatable bonds is 11. The third-order valence-electron chi connectivity index (χ3n) is 3.81. The van der Waals surface area contributed by atoms with Crippen molar-refractivity contribution in [3.8, 4) is 0 Å². The number of amides is 2. The van der Waals surface area contributed by atoms with Crippen molar-refractivity contribution in [2.24, 2.45) is 0 Å². The molecule has 152 valence electrons. The van der Waals surface area contributed by atoms with Crippen molar-refractivity contribution in [1.29, 1.82) is 0 Å². The maximum absolute atomic E-state index is 12.4. The first-order valence-electron chi connectivity index (χ1n) is 8.65. The summed E-state index contributed by atoms with van der Waals surface area (Å²) in [6, 6.07) is 3.97. The Morgan fingerprint density at radius 3 is 2.56 bits per heavy atom. The van der Waals surface area contributed by atoms with Crippen LogP contribution in [0.1, 0.15) is 39.5 Å². The first-order chi connectivity index (χ1) is 12.7. The van der Waals surface area contributed by atoms with Crippen LogP contribution in [-0.2, 0) is 21.9 Å². The monoisotopic (exact) mass is 446 g/mol. The predicted molar refractivity (Wildman–Crippen MR) is 101 cm³/mol. The number of nitrogens with zero attached hydrogens (tertiary/aromatic N) is 1. The zero-order valence-electron chi connectivity index (χ0n) is 15.8. The van der Waals surface area contributed by atoms with Gasteiger partial charge in [0.1, 0.15) is 0 Å². The van der Waals surface area contributed by atoms with Gasteiger partial charge in [0.15, 0.2) is 0 Å². The maximum atomic E-state index is 12.4. The number of nitrogens with one attached hydrogen (secondary N) is 1. The van der Waals surface area contributed by atoms with Gasteiger partial charge in [-0.05, 0) is 0 Å². The number of anilines is 2. The van der Waals surface area contributed by atoms with E-state index in [0.29, 0.717) is 12.3 Å². The number of likely N-dealkylation sites (N-methyl/N-ethyl adjacent to an activating group) is 1. The fourth-order valence-electron chi connectivity index (χ4n) is 2.38. The van der Waals surface area contributed by atoms with Crippen molar-refractivity contribution in [2.45, 2.75) is 39.5 Å². The van der Waals surface area contributed by atoms with Crippen LogP contribution < -0.4 is 14.6 Å². The second-order valence-corrected chi connectivity index (χ2v) is 9.59. The van der Waals surface area contributed by atoms with Crippen molar-refractivity contribution in [1.82, 2.24) is 0 Å². The van der Waals surface area contributed by atoms with Crippen molar-refractivity contribution in [3.63, 3.8) is 0 Å². The topological polar surface area (TPSA) is 125 Å². The molecule has 1 rings (SSSR count). The van der Waals surface area contributed by atoms with E-state index in [1.54, 1.807) is 0 Å². The molecular formula is C17H27AsN2O7. The standard InChI is InChI=1S/C17H27AsN2O7/c1-4-5-6-7-10-26-12-17(22)20(3)16-11-14(19-13(2)21)8-9-15(16)18(23,24)27-25/h8-9,11,25H,4-7,10,12H2,1-3H3,(H,19,21)(H,23,24). The fourth-order valence-corrected chi connectivity index (χ4v) is 4.17. The van der Waals surface area contributed by atoms with E-state index < -0.39 is 20.1 Å². The van der Waals surface area contributed by atoms with Crippen molar-refractivity contribution in [3.05, 3.63) is 18.2 Å². The average molecular weight is 446 g/mol. The van der Waals surface area contributed by atoms with Crippen LogP contribution in [0.2, 0.25) is 0 Å². The number of carbonyl (C=O) groups is 2. The Morgan fingerprint density at radius 2 is 1.96 bits per heavy atom. The van der Waals surface area contributed by atoms with Crippen molar-refractivity contribution in [2.75, 3.05) is 30.5 Å². The molecule has 3 N–H and O–H groups in total. The molecule has 1 unspecified atom stereocenters. The summed E-state index contributed by atoms with van der Waals surface area (Å²) < 4.78 is 30.9. The molecule has 2 amide bonds. The van der Waals surface area contributed by atoms with E-state index in [2.05, 4.69) is 16.1 Å². The second kappa shape index (κ2) is 11.3. The number of benzene rings is 1. The van der Waals surface area contributed by atoms with Gasteiger partial charge >= 0.3 is 161 Å². The van der Waals surface area contributed by atoms with Gasteiger partial charge in [-0.15, -0.1) is 0 Å². The van der Waals surface area contributed by atoms with Crippen LogP contribution in [-0.4, -0.2) is 55.6 Å². The quantitative estimate of drug-likeness (QED) is 0.202. The second-order valence-electron chi connectivity index (χ2n) is 6.05. The predicted octanol–water partition coefficient (Wildman–Crippen LogP) is 1.26. The summed E-state index contributed by atoms with van der Waals surface area (Å²) in [5.41, 5.74) is 0.370. The first kappa shape index (κ1) is 23.4. The number of unbranched alkanes of at least 4 members (excludes halogenated alkanes) is 3. The molecule has 1 aromatic carbocycles. The van der Waals surface area contributed by atoms with E-state index in [1.807, 2.05) is 0 Å². The Morgan fingerprint density at radius 1 is 1.26 bits per heavy atom. The molecule has 0 aliphatic carbocycles. The van der Waals surface area contributed by atoms with Crippen molar-refractivity contribution < 1.29 is 31.3 Å². The third kappa shape index (κ3) is 7.48. The summed E-state index contributed by atoms with van der Waals surface area (Å²) in [5.74, 6) is -0.783. The van der Waals surface area contributed by atoms with Crippen LogP contribution in [0, 0.1) is 0 Å². The third-order valence-corrected chi connectivity index (χ3v) is 6.35. The molecule has 1 atom stereocenters. The van der Waals surface area contributed by atoms with E-state index in [0.717, 1.165) is 30.6 Å². The minimum atomic E-state index is -5.24. The van der Waals surface area contributed by atoms with Gasteiger partial charge in [-0.25, -0.2) is 0 Å². The molecule has 0 bridgehead atoms. The van der Waals surface area contributed by atoms with Crippen LogP contribution >= 0.6 is 0 Å². The van der Waals surface area contributed by atoms with E-state index in [1.165, 1.54) is 32.2 Å². The Kier molecular flexibility index (Phi) is 9.76. The molecule has 0 aliphatic rings. The van der Waals surface area contributed by atoms with Crippen LogP contribution in [0.15, 0.2) is 18.2 Å². The van der Waals surface area contributed by atoms with Gasteiger partial charge in [0.2, 0.25) is 0 Å². The minimum absolute atomic E-state index is 0.0416. The molecule has 0 spiro atoms. The normalized spacial score (nSPS) is 13.1. The molecule has 0 saturated carbocycles. The summed E-state index contributed by atoms with van der Waals surface area (Å²) in [5, 5.41) is 11.3. The molecule has 27 heavy (non-hydrogen) atoms. The van der Waals surface area contributed by atoms with Gasteiger partial charge in [-0.3, -0.25) is 0 Å². The zero-order valence-corrected chi connectivity index (χ0v) is 17.7. The van der Waals surface area contributed by atoms with E-state index in [4.69, 9.17) is 9.99 Å². The summed E-state index contributed by atoms with van der Waals surface area (Å²) in [7, 11) is 1.41. The molecule has 10 heteroatoms. The summed E-state index contributed by atoms with van der Waals surface area (Å²) >= 11 is -5.24. The molecule has 0 aromatic heterocycles. The molecule has 0 fully saturated rings. The van der Waals surface area contributed by atoms with Gasteiger partial charge < -0.3 is 0 Å². The van der Waals surface area contributed by atoms with Gasteiger partial charge in [0.25, 0.3) is 0 Å². The van der Waals surface area contributed by atoms with Crippen LogP contribution in [0.25, 0.3) is 0 Å². The molecule has 0 saturated heterocycles. The SMILES string of the molecule is CCCCCCOCC(=O)N(C)c1cc(NC(C)=O)ccc1[As](=O)(O)OO. The Hall–Kier alpha value is -1.64. The van der Waals surface area contributed by atoms with Gasteiger partial charge in [-0.2, -0.15) is 0 Å². The van der Waals surface area contributed by atoms with Crippen LogP contribution in [0.3, 0.4) is 0 Å². The zero-order chi connectivity index (χ0) is 20.4. The van der Waals surface area contributed by atoms with E-state index in [-0.39, 0.29) is 22.6 Å². The fraction of sp³-hybridized carbons (Fsp3) is 0.529. The first-order valence-corrected chi connectivity index (χ1v) is 12.0. The number of hydrogen-bond acceptors (Lipinski definition) is 6. The molecule has 0 aliphatic heterocycles. The van der Waals surface area contributed by atoms with Crippen LogP contribution in [0.5, 0.6) is 0 Å². The van der Waals surface area contributed by atoms with E-state index >= 15 is 0 Å². The Bertz CT molecular complexity index is 696. The molecule has 0 heterocycles. The number of hydrogen-bond donors (Lipinski definition) is 3. The van der Waals surface area contributed by atoms with Crippen molar-refractivity contribution >= 4 is 41.7 Å². The van der Waals surface area contributed by atoms with Crippen LogP contribution in [0.4, 0.5) is 11.4 Å². The van der Waals surface area contributed by atoms with Gasteiger partial charge in [-0.1, -0.05) is 0 Å².